The number of hydrogen-bond acceptors (Lipinski definition) is 5. The molecule has 29 heavy (non-hydrogen) atoms. The van der Waals surface area contributed by atoms with Gasteiger partial charge >= 0.3 is 0 Å². The predicted octanol–water partition coefficient (Wildman–Crippen LogP) is 4.77. The topological polar surface area (TPSA) is 74.2 Å². The largest absolute Gasteiger partial charge is 0.489 e. The molecule has 0 aliphatic rings. The first-order chi connectivity index (χ1) is 14.1. The van der Waals surface area contributed by atoms with Crippen LogP contribution in [0.5, 0.6) is 5.75 Å². The lowest BCUT2D eigenvalue weighted by molar-refractivity contribution is 0.299. The number of hydrogen-bond donors (Lipinski definition) is 1. The van der Waals surface area contributed by atoms with Crippen molar-refractivity contribution in [3.05, 3.63) is 95.3 Å². The normalized spacial score (nSPS) is 10.8. The second kappa shape index (κ2) is 8.10. The minimum Gasteiger partial charge on any atom is -0.489 e. The van der Waals surface area contributed by atoms with Crippen molar-refractivity contribution in [3.8, 4) is 17.1 Å². The monoisotopic (exact) mass is 393 g/mol. The van der Waals surface area contributed by atoms with E-state index in [9.17, 15) is 8.78 Å². The highest BCUT2D eigenvalue weighted by Crippen LogP contribution is 2.25. The smallest absolute Gasteiger partial charge is 0.170 e. The number of nitrogens with zero attached hydrogens (tertiary/aromatic N) is 2. The van der Waals surface area contributed by atoms with Crippen molar-refractivity contribution in [2.75, 3.05) is 5.73 Å². The van der Waals surface area contributed by atoms with Crippen LogP contribution >= 0.6 is 0 Å². The maximum Gasteiger partial charge on any atom is 0.170 e. The van der Waals surface area contributed by atoms with Crippen LogP contribution in [-0.2, 0) is 13.0 Å². The van der Waals surface area contributed by atoms with Gasteiger partial charge in [0.2, 0.25) is 0 Å². The highest BCUT2D eigenvalue weighted by atomic mass is 19.1. The molecule has 4 rings (SSSR count). The number of pyridine rings is 1. The summed E-state index contributed by atoms with van der Waals surface area (Å²) in [5.41, 5.74) is 8.46. The van der Waals surface area contributed by atoms with Crippen LogP contribution in [0.15, 0.2) is 71.4 Å². The fourth-order valence-corrected chi connectivity index (χ4v) is 2.88. The van der Waals surface area contributed by atoms with Crippen LogP contribution in [0.1, 0.15) is 16.8 Å². The summed E-state index contributed by atoms with van der Waals surface area (Å²) in [6, 6.07) is 16.0. The maximum absolute atomic E-state index is 13.7. The third-order valence-electron chi connectivity index (χ3n) is 4.37. The van der Waals surface area contributed by atoms with Gasteiger partial charge in [-0.05, 0) is 48.0 Å². The number of halogens is 2. The molecule has 0 bridgehead atoms. The maximum atomic E-state index is 13.7. The molecule has 4 aromatic rings. The van der Waals surface area contributed by atoms with Crippen molar-refractivity contribution in [2.45, 2.75) is 13.0 Å². The van der Waals surface area contributed by atoms with Gasteiger partial charge in [-0.2, -0.15) is 0 Å². The van der Waals surface area contributed by atoms with E-state index < -0.39 is 11.6 Å². The van der Waals surface area contributed by atoms with Crippen molar-refractivity contribution >= 4 is 5.82 Å². The first kappa shape index (κ1) is 18.6. The summed E-state index contributed by atoms with van der Waals surface area (Å²) in [5.74, 6) is 0.495. The molecular formula is C22H17F2N3O2. The SMILES string of the molecule is Nc1ncccc1-c1cc(Cc2ccc(OCc3cc(F)ccc3F)cc2)no1. The van der Waals surface area contributed by atoms with Crippen molar-refractivity contribution in [2.24, 2.45) is 0 Å². The van der Waals surface area contributed by atoms with E-state index in [2.05, 4.69) is 10.1 Å². The molecule has 0 unspecified atom stereocenters. The molecule has 0 aliphatic heterocycles. The Morgan fingerprint density at radius 3 is 2.62 bits per heavy atom. The van der Waals surface area contributed by atoms with Gasteiger partial charge < -0.3 is 15.0 Å². The van der Waals surface area contributed by atoms with Crippen molar-refractivity contribution in [1.82, 2.24) is 10.1 Å². The number of nitrogens with two attached hydrogens (primary N) is 1. The van der Waals surface area contributed by atoms with Gasteiger partial charge in [0, 0.05) is 24.2 Å². The van der Waals surface area contributed by atoms with E-state index in [-0.39, 0.29) is 12.2 Å². The molecule has 0 saturated heterocycles. The first-order valence-corrected chi connectivity index (χ1v) is 8.90. The second-order valence-corrected chi connectivity index (χ2v) is 6.46. The molecule has 0 amide bonds. The third-order valence-corrected chi connectivity index (χ3v) is 4.37. The number of nitrogen functional groups attached to an aromatic ring is 1. The second-order valence-electron chi connectivity index (χ2n) is 6.46. The molecule has 0 aliphatic carbocycles. The zero-order valence-electron chi connectivity index (χ0n) is 15.3. The minimum absolute atomic E-state index is 0.0535. The van der Waals surface area contributed by atoms with Crippen molar-refractivity contribution < 1.29 is 18.0 Å². The van der Waals surface area contributed by atoms with Crippen molar-refractivity contribution in [1.29, 1.82) is 0 Å². The average Bonchev–Trinajstić information content (AvgIpc) is 3.18. The Balaban J connectivity index is 1.40. The van der Waals surface area contributed by atoms with Crippen LogP contribution in [-0.4, -0.2) is 10.1 Å². The number of rotatable bonds is 6. The molecule has 7 heteroatoms. The van der Waals surface area contributed by atoms with Crippen molar-refractivity contribution in [3.63, 3.8) is 0 Å². The van der Waals surface area contributed by atoms with Gasteiger partial charge in [-0.3, -0.25) is 0 Å². The highest BCUT2D eigenvalue weighted by molar-refractivity contribution is 5.69. The minimum atomic E-state index is -0.501. The summed E-state index contributed by atoms with van der Waals surface area (Å²) >= 11 is 0. The summed E-state index contributed by atoms with van der Waals surface area (Å²) in [6.07, 6.45) is 2.17. The summed E-state index contributed by atoms with van der Waals surface area (Å²) in [6.45, 7) is -0.0535. The molecule has 0 radical (unpaired) electrons. The standard InChI is InChI=1S/C22H17F2N3O2/c23-16-5-8-20(24)15(11-16)13-28-18-6-3-14(4-7-18)10-17-12-21(29-27-17)19-2-1-9-26-22(19)25/h1-9,11-12H,10,13H2,(H2,25,26). The predicted molar refractivity (Wildman–Crippen MR) is 104 cm³/mol. The van der Waals surface area contributed by atoms with Gasteiger partial charge in [0.1, 0.15) is 29.8 Å². The molecular weight excluding hydrogens is 376 g/mol. The fraction of sp³-hybridized carbons (Fsp3) is 0.0909. The number of anilines is 1. The quantitative estimate of drug-likeness (QED) is 0.511. The summed E-state index contributed by atoms with van der Waals surface area (Å²) < 4.78 is 37.8. The molecule has 0 saturated carbocycles. The lowest BCUT2D eigenvalue weighted by atomic mass is 10.1. The fourth-order valence-electron chi connectivity index (χ4n) is 2.88. The van der Waals surface area contributed by atoms with Gasteiger partial charge in [-0.15, -0.1) is 0 Å². The Kier molecular flexibility index (Phi) is 5.20. The zero-order valence-corrected chi connectivity index (χ0v) is 15.3. The van der Waals surface area contributed by atoms with Crippen LogP contribution < -0.4 is 10.5 Å². The molecule has 0 fully saturated rings. The average molecular weight is 393 g/mol. The molecule has 2 N–H and O–H groups in total. The first-order valence-electron chi connectivity index (χ1n) is 8.90. The Morgan fingerprint density at radius 2 is 1.83 bits per heavy atom. The zero-order chi connectivity index (χ0) is 20.2. The van der Waals surface area contributed by atoms with Crippen LogP contribution in [0.3, 0.4) is 0 Å². The van der Waals surface area contributed by atoms with Gasteiger partial charge in [0.25, 0.3) is 0 Å². The summed E-state index contributed by atoms with van der Waals surface area (Å²) in [7, 11) is 0. The van der Waals surface area contributed by atoms with E-state index in [0.29, 0.717) is 29.3 Å². The van der Waals surface area contributed by atoms with Crippen LogP contribution in [0.2, 0.25) is 0 Å². The number of ether oxygens (including phenoxy) is 1. The van der Waals surface area contributed by atoms with E-state index in [0.717, 1.165) is 29.5 Å². The number of aromatic nitrogens is 2. The Morgan fingerprint density at radius 1 is 1.00 bits per heavy atom. The molecule has 0 spiro atoms. The highest BCUT2D eigenvalue weighted by Gasteiger charge is 2.11. The van der Waals surface area contributed by atoms with Crippen LogP contribution in [0, 0.1) is 11.6 Å². The molecule has 2 aromatic heterocycles. The Labute approximate surface area is 165 Å². The van der Waals surface area contributed by atoms with E-state index in [1.165, 1.54) is 0 Å². The lowest BCUT2D eigenvalue weighted by Gasteiger charge is -2.08. The molecule has 5 nitrogen and oxygen atoms in total. The van der Waals surface area contributed by atoms with Gasteiger partial charge in [-0.25, -0.2) is 13.8 Å². The van der Waals surface area contributed by atoms with Gasteiger partial charge in [0.05, 0.1) is 11.3 Å². The van der Waals surface area contributed by atoms with E-state index in [1.54, 1.807) is 24.4 Å². The number of benzene rings is 2. The summed E-state index contributed by atoms with van der Waals surface area (Å²) in [4.78, 5) is 4.04. The summed E-state index contributed by atoms with van der Waals surface area (Å²) in [5, 5.41) is 4.08. The molecule has 2 heterocycles. The molecule has 146 valence electrons. The Bertz CT molecular complexity index is 1130. The van der Waals surface area contributed by atoms with Gasteiger partial charge in [0.15, 0.2) is 5.76 Å². The molecule has 2 aromatic carbocycles. The van der Waals surface area contributed by atoms with Crippen LogP contribution in [0.25, 0.3) is 11.3 Å². The van der Waals surface area contributed by atoms with E-state index >= 15 is 0 Å². The third kappa shape index (κ3) is 4.40. The van der Waals surface area contributed by atoms with E-state index in [1.807, 2.05) is 24.3 Å². The molecule has 0 atom stereocenters. The Hall–Kier alpha value is -3.74. The van der Waals surface area contributed by atoms with E-state index in [4.69, 9.17) is 15.0 Å². The van der Waals surface area contributed by atoms with Gasteiger partial charge in [-0.1, -0.05) is 17.3 Å². The van der Waals surface area contributed by atoms with Crippen LogP contribution in [0.4, 0.5) is 14.6 Å². The lowest BCUT2D eigenvalue weighted by Crippen LogP contribution is -1.99.